The van der Waals surface area contributed by atoms with E-state index < -0.39 is 0 Å². The number of benzene rings is 1. The number of hydrazone groups is 1. The molecule has 114 valence electrons. The third kappa shape index (κ3) is 5.67. The number of halogens is 2. The van der Waals surface area contributed by atoms with E-state index in [2.05, 4.69) is 26.5 Å². The first-order valence-electron chi connectivity index (χ1n) is 7.07. The van der Waals surface area contributed by atoms with Crippen molar-refractivity contribution < 1.29 is 9.53 Å². The molecule has 1 amide bonds. The third-order valence-electron chi connectivity index (χ3n) is 3.27. The van der Waals surface area contributed by atoms with Gasteiger partial charge in [0.2, 0.25) is 0 Å². The Morgan fingerprint density at radius 1 is 1.29 bits per heavy atom. The second-order valence-corrected chi connectivity index (χ2v) is 6.28. The summed E-state index contributed by atoms with van der Waals surface area (Å²) < 4.78 is 6.15. The van der Waals surface area contributed by atoms with Crippen LogP contribution in [0, 0.1) is 0 Å². The van der Waals surface area contributed by atoms with Gasteiger partial charge in [-0.15, -0.1) is 0 Å². The van der Waals surface area contributed by atoms with Crippen LogP contribution in [0.15, 0.2) is 27.8 Å². The topological polar surface area (TPSA) is 50.7 Å². The fraction of sp³-hybridized carbons (Fsp3) is 0.467. The maximum absolute atomic E-state index is 11.7. The normalized spacial score (nSPS) is 15.2. The Bertz CT molecular complexity index is 524. The molecule has 2 rings (SSSR count). The second-order valence-electron chi connectivity index (χ2n) is 4.99. The molecular weight excluding hydrogens is 356 g/mol. The Balaban J connectivity index is 1.80. The predicted octanol–water partition coefficient (Wildman–Crippen LogP) is 4.31. The summed E-state index contributed by atoms with van der Waals surface area (Å²) in [5.74, 6) is 0.324. The Hall–Kier alpha value is -1.07. The van der Waals surface area contributed by atoms with E-state index in [0.29, 0.717) is 10.8 Å². The molecule has 1 N–H and O–H groups in total. The van der Waals surface area contributed by atoms with Crippen LogP contribution >= 0.6 is 27.5 Å². The summed E-state index contributed by atoms with van der Waals surface area (Å²) in [4.78, 5) is 11.7. The SMILES string of the molecule is O=C(COc1ccc(Cl)cc1Br)NN=C1CCCCCC1. The number of nitrogens with one attached hydrogen (secondary N) is 1. The Morgan fingerprint density at radius 3 is 2.67 bits per heavy atom. The molecule has 0 spiro atoms. The average molecular weight is 374 g/mol. The van der Waals surface area contributed by atoms with Gasteiger partial charge in [0.1, 0.15) is 5.75 Å². The van der Waals surface area contributed by atoms with Gasteiger partial charge in [-0.25, -0.2) is 5.43 Å². The maximum Gasteiger partial charge on any atom is 0.277 e. The van der Waals surface area contributed by atoms with Gasteiger partial charge in [-0.2, -0.15) is 5.10 Å². The van der Waals surface area contributed by atoms with E-state index in [1.54, 1.807) is 18.2 Å². The molecular formula is C15H18BrClN2O2. The minimum absolute atomic E-state index is 0.0724. The summed E-state index contributed by atoms with van der Waals surface area (Å²) in [6.07, 6.45) is 6.76. The fourth-order valence-corrected chi connectivity index (χ4v) is 2.95. The van der Waals surface area contributed by atoms with Crippen LogP contribution in [-0.4, -0.2) is 18.2 Å². The molecule has 6 heteroatoms. The Morgan fingerprint density at radius 2 is 2.00 bits per heavy atom. The van der Waals surface area contributed by atoms with Gasteiger partial charge in [0.15, 0.2) is 6.61 Å². The van der Waals surface area contributed by atoms with E-state index in [1.807, 2.05) is 0 Å². The monoisotopic (exact) mass is 372 g/mol. The summed E-state index contributed by atoms with van der Waals surface area (Å²) in [7, 11) is 0. The number of hydrogen-bond acceptors (Lipinski definition) is 3. The number of rotatable bonds is 4. The number of amides is 1. The lowest BCUT2D eigenvalue weighted by atomic mass is 10.2. The summed E-state index contributed by atoms with van der Waals surface area (Å²) in [6, 6.07) is 5.16. The zero-order valence-corrected chi connectivity index (χ0v) is 14.0. The second kappa shape index (κ2) is 8.39. The summed E-state index contributed by atoms with van der Waals surface area (Å²) in [5.41, 5.74) is 3.64. The molecule has 1 aromatic rings. The van der Waals surface area contributed by atoms with Crippen molar-refractivity contribution in [2.75, 3.05) is 6.61 Å². The molecule has 0 atom stereocenters. The number of nitrogens with zero attached hydrogens (tertiary/aromatic N) is 1. The van der Waals surface area contributed by atoms with Crippen molar-refractivity contribution in [1.29, 1.82) is 0 Å². The van der Waals surface area contributed by atoms with Gasteiger partial charge in [-0.05, 0) is 59.8 Å². The molecule has 4 nitrogen and oxygen atoms in total. The van der Waals surface area contributed by atoms with Crippen molar-refractivity contribution in [3.8, 4) is 5.75 Å². The van der Waals surface area contributed by atoms with E-state index in [1.165, 1.54) is 12.8 Å². The molecule has 0 radical (unpaired) electrons. The highest BCUT2D eigenvalue weighted by Gasteiger charge is 2.08. The Kier molecular flexibility index (Phi) is 6.51. The molecule has 0 heterocycles. The molecule has 0 aliphatic heterocycles. The molecule has 0 aromatic heterocycles. The van der Waals surface area contributed by atoms with Crippen LogP contribution in [0.3, 0.4) is 0 Å². The number of carbonyl (C=O) groups excluding carboxylic acids is 1. The fourth-order valence-electron chi connectivity index (χ4n) is 2.16. The van der Waals surface area contributed by atoms with Gasteiger partial charge in [0, 0.05) is 10.7 Å². The van der Waals surface area contributed by atoms with E-state index >= 15 is 0 Å². The minimum Gasteiger partial charge on any atom is -0.483 e. The first-order chi connectivity index (χ1) is 10.1. The lowest BCUT2D eigenvalue weighted by Crippen LogP contribution is -2.25. The van der Waals surface area contributed by atoms with Crippen LogP contribution in [0.5, 0.6) is 5.75 Å². The smallest absolute Gasteiger partial charge is 0.277 e. The van der Waals surface area contributed by atoms with Gasteiger partial charge in [0.25, 0.3) is 5.91 Å². The van der Waals surface area contributed by atoms with E-state index in [4.69, 9.17) is 16.3 Å². The van der Waals surface area contributed by atoms with Gasteiger partial charge < -0.3 is 4.74 Å². The Labute approximate surface area is 138 Å². The molecule has 0 bridgehead atoms. The summed E-state index contributed by atoms with van der Waals surface area (Å²) in [6.45, 7) is -0.0724. The van der Waals surface area contributed by atoms with Crippen LogP contribution in [0.2, 0.25) is 5.02 Å². The molecule has 1 aliphatic rings. The predicted molar refractivity (Wildman–Crippen MR) is 87.9 cm³/mol. The lowest BCUT2D eigenvalue weighted by molar-refractivity contribution is -0.123. The molecule has 0 saturated heterocycles. The van der Waals surface area contributed by atoms with E-state index in [0.717, 1.165) is 35.9 Å². The zero-order valence-electron chi connectivity index (χ0n) is 11.7. The van der Waals surface area contributed by atoms with Gasteiger partial charge in [-0.3, -0.25) is 4.79 Å². The highest BCUT2D eigenvalue weighted by atomic mass is 79.9. The van der Waals surface area contributed by atoms with Gasteiger partial charge in [0.05, 0.1) is 4.47 Å². The van der Waals surface area contributed by atoms with Gasteiger partial charge in [-0.1, -0.05) is 24.4 Å². The van der Waals surface area contributed by atoms with Crippen LogP contribution in [0.4, 0.5) is 0 Å². The minimum atomic E-state index is -0.256. The number of hydrogen-bond donors (Lipinski definition) is 1. The highest BCUT2D eigenvalue weighted by molar-refractivity contribution is 9.10. The summed E-state index contributed by atoms with van der Waals surface area (Å²) >= 11 is 9.18. The molecule has 0 unspecified atom stereocenters. The zero-order chi connectivity index (χ0) is 15.1. The number of ether oxygens (including phenoxy) is 1. The van der Waals surface area contributed by atoms with E-state index in [-0.39, 0.29) is 12.5 Å². The van der Waals surface area contributed by atoms with Crippen molar-refractivity contribution in [3.05, 3.63) is 27.7 Å². The van der Waals surface area contributed by atoms with Crippen LogP contribution in [-0.2, 0) is 4.79 Å². The van der Waals surface area contributed by atoms with Crippen molar-refractivity contribution >= 4 is 39.1 Å². The molecule has 1 aromatic carbocycles. The standard InChI is InChI=1S/C15H18BrClN2O2/c16-13-9-11(17)7-8-14(13)21-10-15(20)19-18-12-5-3-1-2-4-6-12/h7-9H,1-6,10H2,(H,19,20). The maximum atomic E-state index is 11.7. The van der Waals surface area contributed by atoms with Crippen molar-refractivity contribution in [2.24, 2.45) is 5.10 Å². The third-order valence-corrected chi connectivity index (χ3v) is 4.13. The van der Waals surface area contributed by atoms with Crippen LogP contribution < -0.4 is 10.2 Å². The van der Waals surface area contributed by atoms with Crippen molar-refractivity contribution in [2.45, 2.75) is 38.5 Å². The van der Waals surface area contributed by atoms with Crippen LogP contribution in [0.25, 0.3) is 0 Å². The van der Waals surface area contributed by atoms with Crippen molar-refractivity contribution in [3.63, 3.8) is 0 Å². The first kappa shape index (κ1) is 16.3. The first-order valence-corrected chi connectivity index (χ1v) is 8.24. The molecule has 1 fully saturated rings. The quantitative estimate of drug-likeness (QED) is 0.631. The van der Waals surface area contributed by atoms with Gasteiger partial charge >= 0.3 is 0 Å². The highest BCUT2D eigenvalue weighted by Crippen LogP contribution is 2.27. The lowest BCUT2D eigenvalue weighted by Gasteiger charge is -2.08. The van der Waals surface area contributed by atoms with E-state index in [9.17, 15) is 4.79 Å². The largest absolute Gasteiger partial charge is 0.483 e. The molecule has 21 heavy (non-hydrogen) atoms. The summed E-state index contributed by atoms with van der Waals surface area (Å²) in [5, 5.41) is 4.81. The number of carbonyl (C=O) groups is 1. The molecule has 1 saturated carbocycles. The average Bonchev–Trinajstić information content (AvgIpc) is 2.73. The van der Waals surface area contributed by atoms with Crippen LogP contribution in [0.1, 0.15) is 38.5 Å². The molecule has 1 aliphatic carbocycles. The van der Waals surface area contributed by atoms with Crippen molar-refractivity contribution in [1.82, 2.24) is 5.43 Å².